The normalized spacial score (nSPS) is 12.1. The van der Waals surface area contributed by atoms with Crippen LogP contribution < -0.4 is 10.5 Å². The number of nitrogens with two attached hydrogens (primary N) is 1. The minimum atomic E-state index is -3.96. The zero-order chi connectivity index (χ0) is 14.0. The molecule has 0 radical (unpaired) electrons. The van der Waals surface area contributed by atoms with E-state index in [1.807, 2.05) is 0 Å². The lowest BCUT2D eigenvalue weighted by atomic mass is 10.2. The highest BCUT2D eigenvalue weighted by Crippen LogP contribution is 2.13. The molecule has 6 nitrogen and oxygen atoms in total. The van der Waals surface area contributed by atoms with Gasteiger partial charge in [0, 0.05) is 17.5 Å². The van der Waals surface area contributed by atoms with Crippen molar-refractivity contribution in [3.63, 3.8) is 0 Å². The number of rotatable bonds is 5. The van der Waals surface area contributed by atoms with Crippen molar-refractivity contribution < 1.29 is 16.8 Å². The number of hydrogen-bond acceptors (Lipinski definition) is 5. The van der Waals surface area contributed by atoms with E-state index in [0.29, 0.717) is 5.56 Å². The van der Waals surface area contributed by atoms with E-state index in [4.69, 9.17) is 18.0 Å². The van der Waals surface area contributed by atoms with Gasteiger partial charge in [0.15, 0.2) is 14.9 Å². The van der Waals surface area contributed by atoms with E-state index in [-0.39, 0.29) is 10.7 Å². The first-order valence-electron chi connectivity index (χ1n) is 4.67. The predicted octanol–water partition coefficient (Wildman–Crippen LogP) is 0.0646. The van der Waals surface area contributed by atoms with Crippen molar-refractivity contribution in [3.8, 4) is 0 Å². The molecular weight excluding hydrogens is 296 g/mol. The fraction of sp³-hybridized carbons (Fsp3) is 0.222. The van der Waals surface area contributed by atoms with Crippen molar-refractivity contribution in [3.05, 3.63) is 29.8 Å². The summed E-state index contributed by atoms with van der Waals surface area (Å²) in [7, 11) is -7.59. The van der Waals surface area contributed by atoms with Gasteiger partial charge in [-0.3, -0.25) is 4.72 Å². The van der Waals surface area contributed by atoms with Gasteiger partial charge in [0.1, 0.15) is 4.99 Å². The molecule has 0 aliphatic heterocycles. The quantitative estimate of drug-likeness (QED) is 0.745. The molecule has 0 saturated carbocycles. The van der Waals surface area contributed by atoms with Crippen LogP contribution in [0.1, 0.15) is 5.56 Å². The lowest BCUT2D eigenvalue weighted by Crippen LogP contribution is -2.22. The smallest absolute Gasteiger partial charge is 0.247 e. The standard InChI is InChI=1S/C9H12N2O4S3/c1-17(12,13)6-18(14,15)11-8-4-2-3-7(5-8)9(10)16/h2-5,11H,6H2,1H3,(H2,10,16). The molecule has 1 rings (SSSR count). The fourth-order valence-electron chi connectivity index (χ4n) is 1.23. The first-order valence-corrected chi connectivity index (χ1v) is 8.79. The van der Waals surface area contributed by atoms with Crippen LogP contribution in [0.25, 0.3) is 0 Å². The zero-order valence-corrected chi connectivity index (χ0v) is 11.9. The summed E-state index contributed by atoms with van der Waals surface area (Å²) in [6.07, 6.45) is 0.845. The minimum Gasteiger partial charge on any atom is -0.389 e. The molecule has 0 heterocycles. The maximum atomic E-state index is 11.5. The highest BCUT2D eigenvalue weighted by molar-refractivity contribution is 8.08. The van der Waals surface area contributed by atoms with Gasteiger partial charge in [-0.25, -0.2) is 16.8 Å². The van der Waals surface area contributed by atoms with E-state index in [9.17, 15) is 16.8 Å². The summed E-state index contributed by atoms with van der Waals surface area (Å²) < 4.78 is 47.1. The summed E-state index contributed by atoms with van der Waals surface area (Å²) >= 11 is 4.76. The van der Waals surface area contributed by atoms with Crippen molar-refractivity contribution in [2.45, 2.75) is 0 Å². The number of nitrogens with one attached hydrogen (secondary N) is 1. The average molecular weight is 308 g/mol. The third kappa shape index (κ3) is 4.98. The van der Waals surface area contributed by atoms with Crippen LogP contribution in [0.4, 0.5) is 5.69 Å². The van der Waals surface area contributed by atoms with Crippen LogP contribution in [0.3, 0.4) is 0 Å². The molecule has 0 spiro atoms. The van der Waals surface area contributed by atoms with E-state index in [1.54, 1.807) is 12.1 Å². The van der Waals surface area contributed by atoms with Gasteiger partial charge >= 0.3 is 0 Å². The first-order chi connectivity index (χ1) is 8.09. The highest BCUT2D eigenvalue weighted by atomic mass is 32.3. The van der Waals surface area contributed by atoms with Gasteiger partial charge in [0.25, 0.3) is 0 Å². The third-order valence-electron chi connectivity index (χ3n) is 1.79. The molecule has 0 atom stereocenters. The van der Waals surface area contributed by atoms with Gasteiger partial charge in [-0.2, -0.15) is 0 Å². The van der Waals surface area contributed by atoms with Crippen molar-refractivity contribution in [2.24, 2.45) is 5.73 Å². The van der Waals surface area contributed by atoms with Gasteiger partial charge in [0.05, 0.1) is 0 Å². The van der Waals surface area contributed by atoms with Crippen LogP contribution in [0.2, 0.25) is 0 Å². The summed E-state index contributed by atoms with van der Waals surface area (Å²) in [4.78, 5) is 0.124. The Morgan fingerprint density at radius 1 is 1.33 bits per heavy atom. The van der Waals surface area contributed by atoms with Crippen LogP contribution >= 0.6 is 12.2 Å². The maximum Gasteiger partial charge on any atom is 0.247 e. The molecule has 0 fully saturated rings. The molecule has 0 aliphatic rings. The van der Waals surface area contributed by atoms with E-state index in [2.05, 4.69) is 4.72 Å². The van der Waals surface area contributed by atoms with Gasteiger partial charge in [-0.15, -0.1) is 0 Å². The van der Waals surface area contributed by atoms with Gasteiger partial charge < -0.3 is 5.73 Å². The molecule has 9 heteroatoms. The van der Waals surface area contributed by atoms with Crippen molar-refractivity contribution in [1.82, 2.24) is 0 Å². The van der Waals surface area contributed by atoms with E-state index in [0.717, 1.165) is 6.26 Å². The Morgan fingerprint density at radius 3 is 2.44 bits per heavy atom. The SMILES string of the molecule is CS(=O)(=O)CS(=O)(=O)Nc1cccc(C(N)=S)c1. The molecule has 0 aliphatic carbocycles. The monoisotopic (exact) mass is 308 g/mol. The third-order valence-corrected chi connectivity index (χ3v) is 5.53. The molecule has 0 saturated heterocycles. The molecule has 1 aromatic carbocycles. The number of sulfonamides is 1. The Bertz CT molecular complexity index is 665. The molecule has 3 N–H and O–H groups in total. The average Bonchev–Trinajstić information content (AvgIpc) is 2.12. The van der Waals surface area contributed by atoms with Gasteiger partial charge in [0.2, 0.25) is 10.0 Å². The first kappa shape index (κ1) is 14.9. The Labute approximate surface area is 111 Å². The number of hydrogen-bond donors (Lipinski definition) is 2. The Kier molecular flexibility index (Phi) is 4.30. The van der Waals surface area contributed by atoms with Crippen LogP contribution in [-0.4, -0.2) is 33.2 Å². The lowest BCUT2D eigenvalue weighted by Gasteiger charge is -2.08. The number of anilines is 1. The Hall–Kier alpha value is -1.19. The summed E-state index contributed by atoms with van der Waals surface area (Å²) in [5, 5.41) is -0.975. The summed E-state index contributed by atoms with van der Waals surface area (Å²) in [6.45, 7) is 0. The van der Waals surface area contributed by atoms with Crippen LogP contribution in [0, 0.1) is 0 Å². The predicted molar refractivity (Wildman–Crippen MR) is 74.6 cm³/mol. The minimum absolute atomic E-state index is 0.124. The summed E-state index contributed by atoms with van der Waals surface area (Å²) in [6, 6.07) is 6.09. The molecule has 0 unspecified atom stereocenters. The molecule has 0 amide bonds. The fourth-order valence-corrected chi connectivity index (χ4v) is 4.33. The van der Waals surface area contributed by atoms with Crippen LogP contribution in [0.15, 0.2) is 24.3 Å². The molecular formula is C9H12N2O4S3. The highest BCUT2D eigenvalue weighted by Gasteiger charge is 2.18. The topological polar surface area (TPSA) is 106 Å². The second-order valence-electron chi connectivity index (χ2n) is 3.71. The second kappa shape index (κ2) is 5.21. The van der Waals surface area contributed by atoms with Crippen LogP contribution in [0.5, 0.6) is 0 Å². The number of thiocarbonyl (C=S) groups is 1. The largest absolute Gasteiger partial charge is 0.389 e. The molecule has 18 heavy (non-hydrogen) atoms. The van der Waals surface area contributed by atoms with E-state index in [1.165, 1.54) is 12.1 Å². The van der Waals surface area contributed by atoms with Gasteiger partial charge in [-0.1, -0.05) is 24.4 Å². The van der Waals surface area contributed by atoms with Gasteiger partial charge in [-0.05, 0) is 12.1 Å². The number of sulfone groups is 1. The van der Waals surface area contributed by atoms with E-state index >= 15 is 0 Å². The number of benzene rings is 1. The molecule has 1 aromatic rings. The molecule has 0 aromatic heterocycles. The lowest BCUT2D eigenvalue weighted by molar-refractivity contribution is 0.595. The van der Waals surface area contributed by atoms with Crippen molar-refractivity contribution in [2.75, 3.05) is 16.1 Å². The van der Waals surface area contributed by atoms with Crippen LogP contribution in [-0.2, 0) is 19.9 Å². The van der Waals surface area contributed by atoms with Crippen molar-refractivity contribution in [1.29, 1.82) is 0 Å². The van der Waals surface area contributed by atoms with E-state index < -0.39 is 24.9 Å². The van der Waals surface area contributed by atoms with Crippen molar-refractivity contribution >= 4 is 42.8 Å². The molecule has 0 bridgehead atoms. The molecule has 100 valence electrons. The summed E-state index contributed by atoms with van der Waals surface area (Å²) in [5.41, 5.74) is 6.11. The zero-order valence-electron chi connectivity index (χ0n) is 9.45. The summed E-state index contributed by atoms with van der Waals surface area (Å²) in [5.74, 6) is 0. The maximum absolute atomic E-state index is 11.5. The Balaban J connectivity index is 2.98. The second-order valence-corrected chi connectivity index (χ2v) is 8.37. The Morgan fingerprint density at radius 2 is 1.94 bits per heavy atom.